The molecular weight excluding hydrogens is 435 g/mol. The Morgan fingerprint density at radius 3 is 2.16 bits per heavy atom. The highest BCUT2D eigenvalue weighted by molar-refractivity contribution is 14.1. The molecule has 2 N–H and O–H groups in total. The lowest BCUT2D eigenvalue weighted by molar-refractivity contribution is -0.145. The van der Waals surface area contributed by atoms with Crippen molar-refractivity contribution in [3.8, 4) is 0 Å². The van der Waals surface area contributed by atoms with Crippen LogP contribution in [0.3, 0.4) is 0 Å². The minimum Gasteiger partial charge on any atom is -0.467 e. The first-order chi connectivity index (χ1) is 11.7. The molecule has 6 nitrogen and oxygen atoms in total. The standard InChI is InChI=1S/C18H25IN2O4/c1-11(2)9-15(20-12(3)22)17(23)21-16(18(24)25-4)10-13-5-7-14(19)8-6-13/h5-8,11,15-16H,9-10H2,1-4H3,(H,20,22)(H,21,23)/t15-,16+/m0/s1. The van der Waals surface area contributed by atoms with Crippen molar-refractivity contribution in [2.24, 2.45) is 5.92 Å². The molecule has 0 aliphatic rings. The predicted molar refractivity (Wildman–Crippen MR) is 104 cm³/mol. The van der Waals surface area contributed by atoms with Gasteiger partial charge in [0, 0.05) is 16.9 Å². The molecule has 2 atom stereocenters. The summed E-state index contributed by atoms with van der Waals surface area (Å²) in [6.45, 7) is 5.29. The van der Waals surface area contributed by atoms with E-state index in [0.717, 1.165) is 9.13 Å². The normalized spacial score (nSPS) is 13.0. The van der Waals surface area contributed by atoms with Gasteiger partial charge in [-0.1, -0.05) is 26.0 Å². The zero-order chi connectivity index (χ0) is 19.0. The van der Waals surface area contributed by atoms with Crippen molar-refractivity contribution in [3.63, 3.8) is 0 Å². The number of hydrogen-bond donors (Lipinski definition) is 2. The zero-order valence-corrected chi connectivity index (χ0v) is 17.1. The molecule has 0 saturated carbocycles. The van der Waals surface area contributed by atoms with Crippen molar-refractivity contribution in [2.45, 2.75) is 45.7 Å². The van der Waals surface area contributed by atoms with Crippen molar-refractivity contribution < 1.29 is 19.1 Å². The van der Waals surface area contributed by atoms with E-state index >= 15 is 0 Å². The quantitative estimate of drug-likeness (QED) is 0.460. The highest BCUT2D eigenvalue weighted by Gasteiger charge is 2.27. The highest BCUT2D eigenvalue weighted by atomic mass is 127. The second-order valence-electron chi connectivity index (χ2n) is 6.30. The van der Waals surface area contributed by atoms with Gasteiger partial charge in [0.1, 0.15) is 12.1 Å². The molecule has 1 aromatic carbocycles. The van der Waals surface area contributed by atoms with E-state index in [1.807, 2.05) is 38.1 Å². The Balaban J connectivity index is 2.87. The van der Waals surface area contributed by atoms with Gasteiger partial charge in [-0.3, -0.25) is 9.59 Å². The number of esters is 1. The van der Waals surface area contributed by atoms with Gasteiger partial charge in [-0.15, -0.1) is 0 Å². The number of amides is 2. The minimum absolute atomic E-state index is 0.218. The summed E-state index contributed by atoms with van der Waals surface area (Å²) in [6.07, 6.45) is 0.812. The van der Waals surface area contributed by atoms with Crippen LogP contribution in [0.2, 0.25) is 0 Å². The first kappa shape index (κ1) is 21.4. The number of ether oxygens (including phenoxy) is 1. The van der Waals surface area contributed by atoms with Gasteiger partial charge in [0.05, 0.1) is 7.11 Å². The van der Waals surface area contributed by atoms with E-state index < -0.39 is 18.1 Å². The summed E-state index contributed by atoms with van der Waals surface area (Å²) in [5, 5.41) is 5.35. The van der Waals surface area contributed by atoms with E-state index in [1.54, 1.807) is 0 Å². The van der Waals surface area contributed by atoms with Gasteiger partial charge >= 0.3 is 5.97 Å². The molecule has 0 spiro atoms. The van der Waals surface area contributed by atoms with Gasteiger partial charge < -0.3 is 15.4 Å². The van der Waals surface area contributed by atoms with E-state index in [1.165, 1.54) is 14.0 Å². The number of halogens is 1. The van der Waals surface area contributed by atoms with E-state index in [4.69, 9.17) is 4.74 Å². The summed E-state index contributed by atoms with van der Waals surface area (Å²) < 4.78 is 5.89. The van der Waals surface area contributed by atoms with Crippen LogP contribution in [0.4, 0.5) is 0 Å². The Bertz CT molecular complexity index is 602. The van der Waals surface area contributed by atoms with Gasteiger partial charge in [-0.25, -0.2) is 4.79 Å². The highest BCUT2D eigenvalue weighted by Crippen LogP contribution is 2.11. The molecule has 1 aromatic rings. The molecule has 0 unspecified atom stereocenters. The molecule has 0 saturated heterocycles. The number of nitrogens with one attached hydrogen (secondary N) is 2. The van der Waals surface area contributed by atoms with Gasteiger partial charge in [-0.2, -0.15) is 0 Å². The summed E-state index contributed by atoms with van der Waals surface area (Å²) in [5.74, 6) is -0.966. The Kier molecular flexibility index (Phi) is 8.88. The third-order valence-corrected chi connectivity index (χ3v) is 4.28. The molecule has 0 aliphatic heterocycles. The Morgan fingerprint density at radius 2 is 1.68 bits per heavy atom. The zero-order valence-electron chi connectivity index (χ0n) is 15.0. The number of benzene rings is 1. The number of rotatable bonds is 8. The monoisotopic (exact) mass is 460 g/mol. The van der Waals surface area contributed by atoms with Gasteiger partial charge in [0.15, 0.2) is 0 Å². The van der Waals surface area contributed by atoms with Gasteiger partial charge in [0.25, 0.3) is 0 Å². The lowest BCUT2D eigenvalue weighted by atomic mass is 10.0. The molecule has 25 heavy (non-hydrogen) atoms. The molecular formula is C18H25IN2O4. The lowest BCUT2D eigenvalue weighted by Gasteiger charge is -2.23. The Labute approximate surface area is 162 Å². The molecule has 1 rings (SSSR count). The number of carbonyl (C=O) groups excluding carboxylic acids is 3. The fourth-order valence-corrected chi connectivity index (χ4v) is 2.77. The number of hydrogen-bond acceptors (Lipinski definition) is 4. The summed E-state index contributed by atoms with van der Waals surface area (Å²) >= 11 is 2.20. The number of carbonyl (C=O) groups is 3. The van der Waals surface area contributed by atoms with Crippen LogP contribution in [-0.2, 0) is 25.5 Å². The van der Waals surface area contributed by atoms with Crippen LogP contribution < -0.4 is 10.6 Å². The smallest absolute Gasteiger partial charge is 0.328 e. The van der Waals surface area contributed by atoms with E-state index in [-0.39, 0.29) is 17.7 Å². The minimum atomic E-state index is -0.805. The second kappa shape index (κ2) is 10.4. The van der Waals surface area contributed by atoms with E-state index in [2.05, 4.69) is 33.2 Å². The molecule has 7 heteroatoms. The third-order valence-electron chi connectivity index (χ3n) is 3.56. The largest absolute Gasteiger partial charge is 0.467 e. The summed E-state index contributed by atoms with van der Waals surface area (Å²) in [4.78, 5) is 36.0. The molecule has 0 radical (unpaired) electrons. The van der Waals surface area contributed by atoms with E-state index in [0.29, 0.717) is 12.8 Å². The van der Waals surface area contributed by atoms with Crippen molar-refractivity contribution in [3.05, 3.63) is 33.4 Å². The van der Waals surface area contributed by atoms with Crippen LogP contribution in [0.5, 0.6) is 0 Å². The maximum atomic E-state index is 12.6. The maximum Gasteiger partial charge on any atom is 0.328 e. The van der Waals surface area contributed by atoms with Gasteiger partial charge in [0.2, 0.25) is 11.8 Å². The fraction of sp³-hybridized carbons (Fsp3) is 0.500. The fourth-order valence-electron chi connectivity index (χ4n) is 2.41. The Morgan fingerprint density at radius 1 is 1.08 bits per heavy atom. The third kappa shape index (κ3) is 7.85. The average molecular weight is 460 g/mol. The molecule has 0 heterocycles. The summed E-state index contributed by atoms with van der Waals surface area (Å²) in [7, 11) is 1.29. The van der Waals surface area contributed by atoms with Crippen LogP contribution in [0, 0.1) is 9.49 Å². The first-order valence-electron chi connectivity index (χ1n) is 8.12. The molecule has 0 aromatic heterocycles. The number of methoxy groups -OCH3 is 1. The van der Waals surface area contributed by atoms with Crippen LogP contribution in [0.15, 0.2) is 24.3 Å². The lowest BCUT2D eigenvalue weighted by Crippen LogP contribution is -2.52. The Hall–Kier alpha value is -1.64. The molecule has 0 fully saturated rings. The van der Waals surface area contributed by atoms with Crippen LogP contribution in [0.25, 0.3) is 0 Å². The predicted octanol–water partition coefficient (Wildman–Crippen LogP) is 2.04. The summed E-state index contributed by atoms with van der Waals surface area (Å²) in [5.41, 5.74) is 0.913. The summed E-state index contributed by atoms with van der Waals surface area (Å²) in [6, 6.07) is 6.20. The van der Waals surface area contributed by atoms with Crippen molar-refractivity contribution >= 4 is 40.4 Å². The maximum absolute atomic E-state index is 12.6. The van der Waals surface area contributed by atoms with Crippen molar-refractivity contribution in [1.82, 2.24) is 10.6 Å². The van der Waals surface area contributed by atoms with Gasteiger partial charge in [-0.05, 0) is 52.6 Å². The molecule has 0 aliphatic carbocycles. The SMILES string of the molecule is COC(=O)[C@@H](Cc1ccc(I)cc1)NC(=O)[C@H](CC(C)C)NC(C)=O. The topological polar surface area (TPSA) is 84.5 Å². The van der Waals surface area contributed by atoms with Crippen LogP contribution in [-0.4, -0.2) is 37.0 Å². The van der Waals surface area contributed by atoms with Crippen LogP contribution in [0.1, 0.15) is 32.8 Å². The van der Waals surface area contributed by atoms with Crippen LogP contribution >= 0.6 is 22.6 Å². The molecule has 0 bridgehead atoms. The average Bonchev–Trinajstić information content (AvgIpc) is 2.53. The van der Waals surface area contributed by atoms with E-state index in [9.17, 15) is 14.4 Å². The first-order valence-corrected chi connectivity index (χ1v) is 9.20. The molecule has 2 amide bonds. The van der Waals surface area contributed by atoms with Crippen molar-refractivity contribution in [1.29, 1.82) is 0 Å². The van der Waals surface area contributed by atoms with Crippen molar-refractivity contribution in [2.75, 3.05) is 7.11 Å². The molecule has 138 valence electrons. The second-order valence-corrected chi connectivity index (χ2v) is 7.54.